The van der Waals surface area contributed by atoms with Gasteiger partial charge in [-0.3, -0.25) is 9.59 Å². The summed E-state index contributed by atoms with van der Waals surface area (Å²) >= 11 is 0. The summed E-state index contributed by atoms with van der Waals surface area (Å²) in [6.45, 7) is 3.56. The Labute approximate surface area is 132 Å². The third kappa shape index (κ3) is 5.06. The molecule has 0 aromatic rings. The molecule has 2 saturated heterocycles. The minimum absolute atomic E-state index is 0.0105. The maximum Gasteiger partial charge on any atom is 0.305 e. The number of hydrogen-bond acceptors (Lipinski definition) is 5. The highest BCUT2D eigenvalue weighted by Gasteiger charge is 2.58. The molecule has 4 unspecified atom stereocenters. The topological polar surface area (TPSA) is 65.1 Å². The highest BCUT2D eigenvalue weighted by molar-refractivity contribution is 5.91. The van der Waals surface area contributed by atoms with Gasteiger partial charge >= 0.3 is 5.97 Å². The molecule has 4 atom stereocenters. The quantitative estimate of drug-likeness (QED) is 0.352. The zero-order valence-electron chi connectivity index (χ0n) is 13.7. The van der Waals surface area contributed by atoms with E-state index in [1.54, 1.807) is 0 Å². The fraction of sp³-hybridized carbons (Fsp3) is 0.882. The Kier molecular flexibility index (Phi) is 6.83. The van der Waals surface area contributed by atoms with Crippen LogP contribution in [0.4, 0.5) is 0 Å². The van der Waals surface area contributed by atoms with Crippen LogP contribution < -0.4 is 0 Å². The van der Waals surface area contributed by atoms with Gasteiger partial charge in [0.25, 0.3) is 0 Å². The van der Waals surface area contributed by atoms with Crippen LogP contribution in [0.25, 0.3) is 0 Å². The van der Waals surface area contributed by atoms with Crippen LogP contribution in [-0.2, 0) is 23.8 Å². The molecule has 22 heavy (non-hydrogen) atoms. The summed E-state index contributed by atoms with van der Waals surface area (Å²) in [5.74, 6) is -0.393. The van der Waals surface area contributed by atoms with Crippen molar-refractivity contribution in [3.8, 4) is 0 Å². The molecule has 5 heteroatoms. The number of carbonyl (C=O) groups is 2. The number of unbranched alkanes of at least 4 members (excludes halogenated alkanes) is 7. The van der Waals surface area contributed by atoms with Gasteiger partial charge < -0.3 is 14.2 Å². The lowest BCUT2D eigenvalue weighted by atomic mass is 10.00. The number of ketones is 1. The minimum atomic E-state index is -0.709. The molecule has 2 rings (SSSR count). The second-order valence-electron chi connectivity index (χ2n) is 6.29. The summed E-state index contributed by atoms with van der Waals surface area (Å²) in [6, 6.07) is 0. The Hall–Kier alpha value is -0.940. The van der Waals surface area contributed by atoms with Crippen molar-refractivity contribution in [3.63, 3.8) is 0 Å². The van der Waals surface area contributed by atoms with E-state index in [9.17, 15) is 9.59 Å². The summed E-state index contributed by atoms with van der Waals surface area (Å²) in [7, 11) is 0. The van der Waals surface area contributed by atoms with Gasteiger partial charge in [0, 0.05) is 6.92 Å². The predicted molar refractivity (Wildman–Crippen MR) is 81.3 cm³/mol. The highest BCUT2D eigenvalue weighted by atomic mass is 16.8. The van der Waals surface area contributed by atoms with Crippen molar-refractivity contribution < 1.29 is 23.8 Å². The summed E-state index contributed by atoms with van der Waals surface area (Å²) in [5, 5.41) is 0. The smallest absolute Gasteiger partial charge is 0.305 e. The molecule has 5 nitrogen and oxygen atoms in total. The zero-order chi connectivity index (χ0) is 15.9. The van der Waals surface area contributed by atoms with Crippen LogP contribution in [0.15, 0.2) is 0 Å². The molecule has 0 spiro atoms. The van der Waals surface area contributed by atoms with E-state index in [4.69, 9.17) is 14.2 Å². The lowest BCUT2D eigenvalue weighted by Gasteiger charge is -2.25. The number of carbonyl (C=O) groups excluding carboxylic acids is 2. The summed E-state index contributed by atoms with van der Waals surface area (Å²) < 4.78 is 15.9. The van der Waals surface area contributed by atoms with E-state index < -0.39 is 24.5 Å². The van der Waals surface area contributed by atoms with Crippen molar-refractivity contribution in [1.29, 1.82) is 0 Å². The SMILES string of the molecule is CCCCCCCCCCC1OC(OC(C)=O)C2OC2C1=O. The molecule has 0 amide bonds. The maximum absolute atomic E-state index is 12.0. The van der Waals surface area contributed by atoms with Crippen LogP contribution in [0.5, 0.6) is 0 Å². The molecule has 2 heterocycles. The maximum atomic E-state index is 12.0. The van der Waals surface area contributed by atoms with Gasteiger partial charge in [0.1, 0.15) is 6.10 Å². The van der Waals surface area contributed by atoms with E-state index in [0.717, 1.165) is 12.8 Å². The molecule has 126 valence electrons. The molecule has 0 aromatic heterocycles. The van der Waals surface area contributed by atoms with Crippen LogP contribution in [0.1, 0.15) is 71.6 Å². The van der Waals surface area contributed by atoms with Gasteiger partial charge in [-0.1, -0.05) is 58.3 Å². The molecule has 2 aliphatic rings. The van der Waals surface area contributed by atoms with Crippen molar-refractivity contribution >= 4 is 11.8 Å². The largest absolute Gasteiger partial charge is 0.433 e. The number of Topliss-reactive ketones (excluding diaryl/α,β-unsaturated/α-hetero) is 1. The van der Waals surface area contributed by atoms with Crippen molar-refractivity contribution in [1.82, 2.24) is 0 Å². The standard InChI is InChI=1S/C17H28O5/c1-3-4-5-6-7-8-9-10-11-13-14(19)15-16(22-15)17(21-13)20-12(2)18/h13,15-17H,3-11H2,1-2H3. The lowest BCUT2D eigenvalue weighted by molar-refractivity contribution is -0.198. The van der Waals surface area contributed by atoms with Crippen molar-refractivity contribution in [2.75, 3.05) is 0 Å². The lowest BCUT2D eigenvalue weighted by Crippen LogP contribution is -2.43. The first kappa shape index (κ1) is 17.4. The van der Waals surface area contributed by atoms with Crippen molar-refractivity contribution in [2.45, 2.75) is 96.2 Å². The van der Waals surface area contributed by atoms with Gasteiger partial charge in [-0.15, -0.1) is 0 Å². The molecular formula is C17H28O5. The van der Waals surface area contributed by atoms with Crippen LogP contribution in [0.3, 0.4) is 0 Å². The fourth-order valence-electron chi connectivity index (χ4n) is 2.98. The first-order valence-electron chi connectivity index (χ1n) is 8.65. The first-order valence-corrected chi connectivity index (χ1v) is 8.65. The predicted octanol–water partition coefficient (Wildman–Crippen LogP) is 3.14. The normalized spacial score (nSPS) is 30.0. The zero-order valence-corrected chi connectivity index (χ0v) is 13.7. The average molecular weight is 312 g/mol. The van der Waals surface area contributed by atoms with E-state index in [-0.39, 0.29) is 11.9 Å². The molecule has 0 saturated carbocycles. The van der Waals surface area contributed by atoms with Gasteiger partial charge in [-0.25, -0.2) is 0 Å². The van der Waals surface area contributed by atoms with E-state index in [2.05, 4.69) is 6.92 Å². The van der Waals surface area contributed by atoms with E-state index in [1.807, 2.05) is 0 Å². The Bertz CT molecular complexity index is 381. The average Bonchev–Trinajstić information content (AvgIpc) is 3.26. The number of esters is 1. The van der Waals surface area contributed by atoms with Crippen LogP contribution >= 0.6 is 0 Å². The Morgan fingerprint density at radius 1 is 1.05 bits per heavy atom. The molecule has 0 N–H and O–H groups in total. The Balaban J connectivity index is 1.60. The van der Waals surface area contributed by atoms with Gasteiger partial charge in [-0.05, 0) is 6.42 Å². The first-order chi connectivity index (χ1) is 10.6. The van der Waals surface area contributed by atoms with Gasteiger partial charge in [0.05, 0.1) is 0 Å². The van der Waals surface area contributed by atoms with E-state index >= 15 is 0 Å². The van der Waals surface area contributed by atoms with Crippen LogP contribution in [0, 0.1) is 0 Å². The number of ether oxygens (including phenoxy) is 3. The van der Waals surface area contributed by atoms with Crippen molar-refractivity contribution in [2.24, 2.45) is 0 Å². The number of fused-ring (bicyclic) bond motifs is 1. The molecule has 0 aliphatic carbocycles. The third-order valence-electron chi connectivity index (χ3n) is 4.29. The monoisotopic (exact) mass is 312 g/mol. The highest BCUT2D eigenvalue weighted by Crippen LogP contribution is 2.36. The number of hydrogen-bond donors (Lipinski definition) is 0. The summed E-state index contributed by atoms with van der Waals surface area (Å²) in [6.07, 6.45) is 8.49. The third-order valence-corrected chi connectivity index (χ3v) is 4.29. The van der Waals surface area contributed by atoms with E-state index in [1.165, 1.54) is 45.4 Å². The number of rotatable bonds is 10. The minimum Gasteiger partial charge on any atom is -0.433 e. The molecule has 0 aromatic carbocycles. The van der Waals surface area contributed by atoms with Crippen LogP contribution in [-0.4, -0.2) is 36.4 Å². The molecule has 2 fully saturated rings. The van der Waals surface area contributed by atoms with Gasteiger partial charge in [-0.2, -0.15) is 0 Å². The summed E-state index contributed by atoms with van der Waals surface area (Å²) in [4.78, 5) is 23.1. The summed E-state index contributed by atoms with van der Waals surface area (Å²) in [5.41, 5.74) is 0. The second kappa shape index (κ2) is 8.63. The van der Waals surface area contributed by atoms with Crippen LogP contribution in [0.2, 0.25) is 0 Å². The second-order valence-corrected chi connectivity index (χ2v) is 6.29. The molecular weight excluding hydrogens is 284 g/mol. The Morgan fingerprint density at radius 2 is 1.68 bits per heavy atom. The number of epoxide rings is 1. The van der Waals surface area contributed by atoms with E-state index in [0.29, 0.717) is 6.42 Å². The molecule has 0 bridgehead atoms. The molecule has 0 radical (unpaired) electrons. The Morgan fingerprint density at radius 3 is 2.32 bits per heavy atom. The fourth-order valence-corrected chi connectivity index (χ4v) is 2.98. The van der Waals surface area contributed by atoms with Gasteiger partial charge in [0.2, 0.25) is 6.29 Å². The van der Waals surface area contributed by atoms with Gasteiger partial charge in [0.15, 0.2) is 18.0 Å². The molecule has 2 aliphatic heterocycles. The van der Waals surface area contributed by atoms with Crippen molar-refractivity contribution in [3.05, 3.63) is 0 Å².